The van der Waals surface area contributed by atoms with Crippen LogP contribution in [0.25, 0.3) is 0 Å². The minimum atomic E-state index is -0.371. The normalized spacial score (nSPS) is 12.2. The number of carbonyl (C=O) groups is 1. The summed E-state index contributed by atoms with van der Waals surface area (Å²) < 4.78 is 5.11. The summed E-state index contributed by atoms with van der Waals surface area (Å²) in [5.74, 6) is 0.377. The van der Waals surface area contributed by atoms with Crippen molar-refractivity contribution in [2.24, 2.45) is 0 Å². The molecule has 1 aromatic carbocycles. The second-order valence-corrected chi connectivity index (χ2v) is 3.14. The summed E-state index contributed by atoms with van der Waals surface area (Å²) in [5.41, 5.74) is 0.824. The van der Waals surface area contributed by atoms with E-state index in [0.29, 0.717) is 5.75 Å². The maximum Gasteiger partial charge on any atom is 0.228 e. The van der Waals surface area contributed by atoms with Gasteiger partial charge in [0.25, 0.3) is 0 Å². The lowest BCUT2D eigenvalue weighted by atomic mass is 10.0. The Labute approximate surface area is 82.5 Å². The van der Waals surface area contributed by atoms with Crippen molar-refractivity contribution in [3.8, 4) is 5.75 Å². The fourth-order valence-corrected chi connectivity index (χ4v) is 1.26. The topological polar surface area (TPSA) is 26.3 Å². The van der Waals surface area contributed by atoms with Crippen LogP contribution in [0.5, 0.6) is 5.75 Å². The van der Waals surface area contributed by atoms with Crippen LogP contribution in [0.3, 0.4) is 0 Å². The fourth-order valence-electron chi connectivity index (χ4n) is 1.15. The molecule has 2 nitrogen and oxygen atoms in total. The molecule has 3 heteroatoms. The Hall–Kier alpha value is -1.02. The number of methoxy groups -OCH3 is 1. The summed E-state index contributed by atoms with van der Waals surface area (Å²) in [6.07, 6.45) is 0. The zero-order chi connectivity index (χ0) is 9.84. The van der Waals surface area contributed by atoms with Crippen LogP contribution in [-0.2, 0) is 4.79 Å². The van der Waals surface area contributed by atoms with Gasteiger partial charge in [0.1, 0.15) is 5.75 Å². The molecule has 0 saturated carbocycles. The molecular formula is C10H11ClO2. The molecule has 0 bridgehead atoms. The largest absolute Gasteiger partial charge is 0.496 e. The molecule has 0 saturated heterocycles. The third-order valence-electron chi connectivity index (χ3n) is 1.95. The Morgan fingerprint density at radius 2 is 2.08 bits per heavy atom. The number of halogens is 1. The molecule has 0 radical (unpaired) electrons. The number of hydrogen-bond acceptors (Lipinski definition) is 2. The van der Waals surface area contributed by atoms with E-state index >= 15 is 0 Å². The van der Waals surface area contributed by atoms with Crippen LogP contribution in [0.1, 0.15) is 18.4 Å². The molecule has 0 spiro atoms. The quantitative estimate of drug-likeness (QED) is 0.698. The zero-order valence-corrected chi connectivity index (χ0v) is 8.34. The number of benzene rings is 1. The van der Waals surface area contributed by atoms with Gasteiger partial charge in [-0.15, -0.1) is 0 Å². The summed E-state index contributed by atoms with van der Waals surface area (Å²) in [4.78, 5) is 10.9. The van der Waals surface area contributed by atoms with Gasteiger partial charge in [-0.1, -0.05) is 18.2 Å². The molecule has 1 atom stereocenters. The van der Waals surface area contributed by atoms with Gasteiger partial charge in [-0.3, -0.25) is 4.79 Å². The number of ether oxygens (including phenoxy) is 1. The van der Waals surface area contributed by atoms with Gasteiger partial charge in [0.05, 0.1) is 13.0 Å². The standard InChI is InChI=1S/C10H11ClO2/c1-7(10(11)12)8-5-3-4-6-9(8)13-2/h3-7H,1-2H3. The average molecular weight is 199 g/mol. The van der Waals surface area contributed by atoms with Crippen molar-refractivity contribution < 1.29 is 9.53 Å². The van der Waals surface area contributed by atoms with Crippen LogP contribution in [0.2, 0.25) is 0 Å². The first-order valence-electron chi connectivity index (χ1n) is 3.99. The summed E-state index contributed by atoms with van der Waals surface area (Å²) in [5, 5.41) is -0.371. The van der Waals surface area contributed by atoms with Gasteiger partial charge in [-0.05, 0) is 24.6 Å². The first-order chi connectivity index (χ1) is 6.16. The highest BCUT2D eigenvalue weighted by Crippen LogP contribution is 2.27. The third kappa shape index (κ3) is 2.22. The Kier molecular flexibility index (Phi) is 3.32. The molecule has 70 valence electrons. The molecule has 0 N–H and O–H groups in total. The molecular weight excluding hydrogens is 188 g/mol. The molecule has 0 fully saturated rings. The second-order valence-electron chi connectivity index (χ2n) is 2.77. The van der Waals surface area contributed by atoms with E-state index in [1.165, 1.54) is 0 Å². The van der Waals surface area contributed by atoms with Crippen molar-refractivity contribution in [3.63, 3.8) is 0 Å². The lowest BCUT2D eigenvalue weighted by Gasteiger charge is -2.11. The fraction of sp³-hybridized carbons (Fsp3) is 0.300. The highest BCUT2D eigenvalue weighted by Gasteiger charge is 2.16. The number of carbonyl (C=O) groups excluding carboxylic acids is 1. The highest BCUT2D eigenvalue weighted by molar-refractivity contribution is 6.64. The average Bonchev–Trinajstić information content (AvgIpc) is 2.16. The monoisotopic (exact) mass is 198 g/mol. The van der Waals surface area contributed by atoms with Crippen molar-refractivity contribution in [2.75, 3.05) is 7.11 Å². The van der Waals surface area contributed by atoms with Crippen LogP contribution in [0.4, 0.5) is 0 Å². The van der Waals surface area contributed by atoms with E-state index in [4.69, 9.17) is 16.3 Å². The second kappa shape index (κ2) is 4.28. The first kappa shape index (κ1) is 10.1. The lowest BCUT2D eigenvalue weighted by Crippen LogP contribution is -2.03. The van der Waals surface area contributed by atoms with Crippen molar-refractivity contribution in [1.29, 1.82) is 0 Å². The van der Waals surface area contributed by atoms with Gasteiger partial charge < -0.3 is 4.74 Å². The third-order valence-corrected chi connectivity index (χ3v) is 2.27. The van der Waals surface area contributed by atoms with Crippen molar-refractivity contribution in [1.82, 2.24) is 0 Å². The minimum absolute atomic E-state index is 0.321. The van der Waals surface area contributed by atoms with Gasteiger partial charge in [0.2, 0.25) is 5.24 Å². The predicted octanol–water partition coefficient (Wildman–Crippen LogP) is 2.56. The number of para-hydroxylation sites is 1. The number of rotatable bonds is 3. The summed E-state index contributed by atoms with van der Waals surface area (Å²) >= 11 is 5.40. The van der Waals surface area contributed by atoms with Gasteiger partial charge in [-0.25, -0.2) is 0 Å². The molecule has 1 rings (SSSR count). The zero-order valence-electron chi connectivity index (χ0n) is 7.58. The van der Waals surface area contributed by atoms with E-state index in [2.05, 4.69) is 0 Å². The van der Waals surface area contributed by atoms with Crippen molar-refractivity contribution in [3.05, 3.63) is 29.8 Å². The van der Waals surface area contributed by atoms with Crippen LogP contribution in [-0.4, -0.2) is 12.4 Å². The van der Waals surface area contributed by atoms with Gasteiger partial charge in [0, 0.05) is 5.56 Å². The maximum atomic E-state index is 10.9. The smallest absolute Gasteiger partial charge is 0.228 e. The Balaban J connectivity index is 3.05. The first-order valence-corrected chi connectivity index (χ1v) is 4.37. The van der Waals surface area contributed by atoms with E-state index in [-0.39, 0.29) is 11.2 Å². The molecule has 0 aromatic heterocycles. The summed E-state index contributed by atoms with van der Waals surface area (Å²) in [6.45, 7) is 1.76. The minimum Gasteiger partial charge on any atom is -0.496 e. The predicted molar refractivity (Wildman–Crippen MR) is 52.3 cm³/mol. The Morgan fingerprint density at radius 3 is 2.62 bits per heavy atom. The molecule has 0 amide bonds. The molecule has 0 aliphatic heterocycles. The lowest BCUT2D eigenvalue weighted by molar-refractivity contribution is -0.112. The van der Waals surface area contributed by atoms with E-state index in [1.54, 1.807) is 14.0 Å². The van der Waals surface area contributed by atoms with Gasteiger partial charge in [-0.2, -0.15) is 0 Å². The van der Waals surface area contributed by atoms with Crippen LogP contribution < -0.4 is 4.74 Å². The maximum absolute atomic E-state index is 10.9. The highest BCUT2D eigenvalue weighted by atomic mass is 35.5. The SMILES string of the molecule is COc1ccccc1C(C)C(=O)Cl. The van der Waals surface area contributed by atoms with Crippen molar-refractivity contribution >= 4 is 16.8 Å². The van der Waals surface area contributed by atoms with Crippen LogP contribution in [0.15, 0.2) is 24.3 Å². The van der Waals surface area contributed by atoms with E-state index in [1.807, 2.05) is 24.3 Å². The Bertz CT molecular complexity index is 310. The molecule has 13 heavy (non-hydrogen) atoms. The van der Waals surface area contributed by atoms with Gasteiger partial charge in [0.15, 0.2) is 0 Å². The van der Waals surface area contributed by atoms with E-state index in [0.717, 1.165) is 5.56 Å². The van der Waals surface area contributed by atoms with E-state index < -0.39 is 0 Å². The van der Waals surface area contributed by atoms with Crippen LogP contribution >= 0.6 is 11.6 Å². The number of hydrogen-bond donors (Lipinski definition) is 0. The Morgan fingerprint density at radius 1 is 1.46 bits per heavy atom. The van der Waals surface area contributed by atoms with Crippen LogP contribution in [0, 0.1) is 0 Å². The summed E-state index contributed by atoms with van der Waals surface area (Å²) in [6, 6.07) is 7.36. The molecule has 0 aliphatic carbocycles. The molecule has 0 heterocycles. The molecule has 1 unspecified atom stereocenters. The molecule has 1 aromatic rings. The van der Waals surface area contributed by atoms with Gasteiger partial charge >= 0.3 is 0 Å². The molecule has 0 aliphatic rings. The van der Waals surface area contributed by atoms with E-state index in [9.17, 15) is 4.79 Å². The summed E-state index contributed by atoms with van der Waals surface area (Å²) in [7, 11) is 1.57. The van der Waals surface area contributed by atoms with Crippen molar-refractivity contribution in [2.45, 2.75) is 12.8 Å².